The van der Waals surface area contributed by atoms with Gasteiger partial charge in [0.1, 0.15) is 12.3 Å². The van der Waals surface area contributed by atoms with Crippen LogP contribution in [0.25, 0.3) is 10.8 Å². The van der Waals surface area contributed by atoms with Crippen LogP contribution in [0.15, 0.2) is 60.7 Å². The summed E-state index contributed by atoms with van der Waals surface area (Å²) in [6, 6.07) is 15.1. The molecule has 0 bridgehead atoms. The number of nitrogens with zero attached hydrogens (tertiary/aromatic N) is 1. The number of hydrogen-bond acceptors (Lipinski definition) is 6. The third-order valence-electron chi connectivity index (χ3n) is 5.84. The molecular weight excluding hydrogens is 452 g/mol. The summed E-state index contributed by atoms with van der Waals surface area (Å²) >= 11 is 0. The highest BCUT2D eigenvalue weighted by molar-refractivity contribution is 6.26. The van der Waals surface area contributed by atoms with Gasteiger partial charge in [-0.15, -0.1) is 0 Å². The molecule has 9 heteroatoms. The van der Waals surface area contributed by atoms with Gasteiger partial charge in [0.05, 0.1) is 12.5 Å². The van der Waals surface area contributed by atoms with Crippen LogP contribution in [0.1, 0.15) is 39.1 Å². The van der Waals surface area contributed by atoms with Gasteiger partial charge < -0.3 is 15.5 Å². The van der Waals surface area contributed by atoms with Crippen molar-refractivity contribution < 1.29 is 34.2 Å². The van der Waals surface area contributed by atoms with Gasteiger partial charge in [0, 0.05) is 22.9 Å². The van der Waals surface area contributed by atoms with E-state index in [0.29, 0.717) is 22.1 Å². The Morgan fingerprint density at radius 2 is 1.46 bits per heavy atom. The van der Waals surface area contributed by atoms with E-state index in [0.717, 1.165) is 10.3 Å². The third kappa shape index (κ3) is 5.03. The first kappa shape index (κ1) is 23.6. The van der Waals surface area contributed by atoms with Gasteiger partial charge in [0.25, 0.3) is 11.8 Å². The summed E-state index contributed by atoms with van der Waals surface area (Å²) in [5.74, 6) is -3.57. The zero-order chi connectivity index (χ0) is 25.1. The van der Waals surface area contributed by atoms with E-state index in [2.05, 4.69) is 5.32 Å². The molecule has 0 spiro atoms. The quantitative estimate of drug-likeness (QED) is 0.404. The monoisotopic (exact) mass is 474 g/mol. The number of aromatic hydroxyl groups is 1. The average Bonchev–Trinajstić information content (AvgIpc) is 2.84. The minimum absolute atomic E-state index is 0.0314. The number of carboxylic acid groups (broad SMARTS) is 1. The van der Waals surface area contributed by atoms with Gasteiger partial charge >= 0.3 is 5.97 Å². The predicted octanol–water partition coefficient (Wildman–Crippen LogP) is 2.30. The summed E-state index contributed by atoms with van der Waals surface area (Å²) in [5.41, 5.74) is 1.25. The number of carboxylic acids is 1. The maximum absolute atomic E-state index is 13.0. The molecule has 3 N–H and O–H groups in total. The fourth-order valence-electron chi connectivity index (χ4n) is 4.13. The van der Waals surface area contributed by atoms with Crippen LogP contribution in [0, 0.1) is 0 Å². The molecule has 1 atom stereocenters. The summed E-state index contributed by atoms with van der Waals surface area (Å²) < 4.78 is 0. The summed E-state index contributed by atoms with van der Waals surface area (Å²) in [4.78, 5) is 63.4. The van der Waals surface area contributed by atoms with Crippen LogP contribution < -0.4 is 5.32 Å². The Hall–Kier alpha value is -4.53. The van der Waals surface area contributed by atoms with Gasteiger partial charge in [0.15, 0.2) is 5.78 Å². The molecule has 0 fully saturated rings. The number of rotatable bonds is 9. The van der Waals surface area contributed by atoms with Gasteiger partial charge in [-0.05, 0) is 41.6 Å². The van der Waals surface area contributed by atoms with E-state index >= 15 is 0 Å². The molecule has 3 aromatic rings. The molecule has 3 aromatic carbocycles. The number of ketones is 1. The number of carbonyl (C=O) groups excluding carboxylic acids is 4. The predicted molar refractivity (Wildman–Crippen MR) is 125 cm³/mol. The van der Waals surface area contributed by atoms with Crippen molar-refractivity contribution >= 4 is 40.2 Å². The number of aliphatic carboxylic acids is 1. The lowest BCUT2D eigenvalue weighted by Gasteiger charge is -2.27. The van der Waals surface area contributed by atoms with E-state index in [1.54, 1.807) is 48.5 Å². The Kier molecular flexibility index (Phi) is 6.59. The van der Waals surface area contributed by atoms with Crippen LogP contribution in [0.5, 0.6) is 5.75 Å². The number of amides is 3. The molecule has 1 aliphatic heterocycles. The Morgan fingerprint density at radius 3 is 2.03 bits per heavy atom. The van der Waals surface area contributed by atoms with Gasteiger partial charge in [-0.25, -0.2) is 0 Å². The highest BCUT2D eigenvalue weighted by Gasteiger charge is 2.34. The van der Waals surface area contributed by atoms with Crippen molar-refractivity contribution in [3.05, 3.63) is 77.4 Å². The second kappa shape index (κ2) is 9.76. The summed E-state index contributed by atoms with van der Waals surface area (Å²) in [5, 5.41) is 22.2. The molecule has 1 unspecified atom stereocenters. The number of phenolic OH excluding ortho intramolecular Hbond substituents is 1. The van der Waals surface area contributed by atoms with Crippen molar-refractivity contribution in [3.8, 4) is 5.75 Å². The number of nitrogens with one attached hydrogen (secondary N) is 1. The summed E-state index contributed by atoms with van der Waals surface area (Å²) in [6.07, 6.45) is -0.644. The van der Waals surface area contributed by atoms with Crippen molar-refractivity contribution in [2.24, 2.45) is 0 Å². The lowest BCUT2D eigenvalue weighted by atomic mass is 9.94. The number of hydrogen-bond donors (Lipinski definition) is 3. The molecule has 0 radical (unpaired) electrons. The smallest absolute Gasteiger partial charge is 0.303 e. The molecule has 9 nitrogen and oxygen atoms in total. The second-order valence-corrected chi connectivity index (χ2v) is 8.26. The first-order valence-electron chi connectivity index (χ1n) is 10.9. The van der Waals surface area contributed by atoms with E-state index in [4.69, 9.17) is 5.11 Å². The fraction of sp³-hybridized carbons (Fsp3) is 0.192. The van der Waals surface area contributed by atoms with E-state index in [1.807, 2.05) is 0 Å². The Labute approximate surface area is 200 Å². The number of carbonyl (C=O) groups is 5. The van der Waals surface area contributed by atoms with Crippen LogP contribution in [0.2, 0.25) is 0 Å². The molecule has 1 aliphatic rings. The summed E-state index contributed by atoms with van der Waals surface area (Å²) in [7, 11) is 0. The number of benzene rings is 3. The normalized spacial score (nSPS) is 13.5. The zero-order valence-electron chi connectivity index (χ0n) is 18.6. The number of Topliss-reactive ketones (excluding diaryl/α,β-unsaturated/α-hetero) is 1. The van der Waals surface area contributed by atoms with Crippen LogP contribution >= 0.6 is 0 Å². The Morgan fingerprint density at radius 1 is 0.857 bits per heavy atom. The van der Waals surface area contributed by atoms with Gasteiger partial charge in [-0.1, -0.05) is 36.4 Å². The van der Waals surface area contributed by atoms with E-state index in [1.165, 1.54) is 12.1 Å². The lowest BCUT2D eigenvalue weighted by molar-refractivity contribution is -0.138. The van der Waals surface area contributed by atoms with Crippen molar-refractivity contribution in [2.45, 2.75) is 25.3 Å². The fourth-order valence-corrected chi connectivity index (χ4v) is 4.13. The molecule has 35 heavy (non-hydrogen) atoms. The lowest BCUT2D eigenvalue weighted by Crippen LogP contribution is -2.50. The Bertz CT molecular complexity index is 1300. The van der Waals surface area contributed by atoms with Crippen LogP contribution in [0.3, 0.4) is 0 Å². The van der Waals surface area contributed by atoms with Crippen LogP contribution in [0.4, 0.5) is 0 Å². The molecular formula is C26H22N2O7. The molecule has 0 aliphatic carbocycles. The standard InChI is InChI=1S/C26H22N2O7/c29-17-9-7-15(8-10-17)13-20(21(30)11-12-23(32)33)27-22(31)14-28-25(34)18-5-1-3-16-4-2-6-19(24(16)18)26(28)35/h1-10,20,29H,11-14H2,(H,27,31)(H,32,33). The van der Waals surface area contributed by atoms with Gasteiger partial charge in [-0.2, -0.15) is 0 Å². The minimum atomic E-state index is -1.15. The maximum atomic E-state index is 13.0. The summed E-state index contributed by atoms with van der Waals surface area (Å²) in [6.45, 7) is -0.597. The van der Waals surface area contributed by atoms with Crippen molar-refractivity contribution in [1.82, 2.24) is 10.2 Å². The minimum Gasteiger partial charge on any atom is -0.508 e. The molecule has 3 amide bonds. The van der Waals surface area contributed by atoms with E-state index in [9.17, 15) is 29.1 Å². The highest BCUT2D eigenvalue weighted by atomic mass is 16.4. The number of imide groups is 1. The van der Waals surface area contributed by atoms with Gasteiger partial charge in [0.2, 0.25) is 5.91 Å². The SMILES string of the molecule is O=C(O)CCC(=O)C(Cc1ccc(O)cc1)NC(=O)CN1C(=O)c2cccc3cccc(c23)C1=O. The molecule has 0 saturated heterocycles. The molecule has 178 valence electrons. The molecule has 4 rings (SSSR count). The van der Waals surface area contributed by atoms with Crippen molar-refractivity contribution in [3.63, 3.8) is 0 Å². The number of phenols is 1. The first-order chi connectivity index (χ1) is 16.7. The van der Waals surface area contributed by atoms with Crippen molar-refractivity contribution in [2.75, 3.05) is 6.54 Å². The zero-order valence-corrected chi connectivity index (χ0v) is 18.6. The maximum Gasteiger partial charge on any atom is 0.303 e. The van der Waals surface area contributed by atoms with Crippen LogP contribution in [-0.4, -0.2) is 57.2 Å². The van der Waals surface area contributed by atoms with E-state index in [-0.39, 0.29) is 18.6 Å². The first-order valence-corrected chi connectivity index (χ1v) is 10.9. The largest absolute Gasteiger partial charge is 0.508 e. The molecule has 0 saturated carbocycles. The molecule has 1 heterocycles. The third-order valence-corrected chi connectivity index (χ3v) is 5.84. The molecule has 0 aromatic heterocycles. The average molecular weight is 474 g/mol. The topological polar surface area (TPSA) is 141 Å². The van der Waals surface area contributed by atoms with Crippen LogP contribution in [-0.2, 0) is 20.8 Å². The second-order valence-electron chi connectivity index (χ2n) is 8.26. The highest BCUT2D eigenvalue weighted by Crippen LogP contribution is 2.29. The Balaban J connectivity index is 1.53. The van der Waals surface area contributed by atoms with Crippen molar-refractivity contribution in [1.29, 1.82) is 0 Å². The van der Waals surface area contributed by atoms with E-state index < -0.39 is 48.5 Å². The van der Waals surface area contributed by atoms with Gasteiger partial charge in [-0.3, -0.25) is 28.9 Å².